The van der Waals surface area contributed by atoms with E-state index in [0.29, 0.717) is 5.56 Å². The molecule has 1 heterocycles. The van der Waals surface area contributed by atoms with E-state index in [1.165, 1.54) is 6.33 Å². The first-order valence-electron chi connectivity index (χ1n) is 7.24. The third-order valence-electron chi connectivity index (χ3n) is 3.48. The van der Waals surface area contributed by atoms with Crippen molar-refractivity contribution in [3.8, 4) is 11.1 Å². The number of carboxylic acids is 1. The summed E-state index contributed by atoms with van der Waals surface area (Å²) in [5.74, 6) is -2.45. The number of nitrogens with one attached hydrogen (secondary N) is 1. The summed E-state index contributed by atoms with van der Waals surface area (Å²) in [4.78, 5) is 31.5. The van der Waals surface area contributed by atoms with Gasteiger partial charge in [-0.25, -0.2) is 19.2 Å². The number of benzene rings is 2. The highest BCUT2D eigenvalue weighted by atomic mass is 19.1. The van der Waals surface area contributed by atoms with Gasteiger partial charge in [0, 0.05) is 23.5 Å². The van der Waals surface area contributed by atoms with Crippen molar-refractivity contribution in [2.45, 2.75) is 0 Å². The molecule has 3 aromatic rings. The number of rotatable bonds is 4. The van der Waals surface area contributed by atoms with Crippen LogP contribution in [0.5, 0.6) is 0 Å². The lowest BCUT2D eigenvalue weighted by Gasteiger charge is -2.09. The third kappa shape index (κ3) is 3.66. The largest absolute Gasteiger partial charge is 0.478 e. The Bertz CT molecular complexity index is 945. The Kier molecular flexibility index (Phi) is 4.47. The van der Waals surface area contributed by atoms with E-state index in [4.69, 9.17) is 5.11 Å². The Hall–Kier alpha value is -3.61. The van der Waals surface area contributed by atoms with E-state index in [1.54, 1.807) is 36.7 Å². The van der Waals surface area contributed by atoms with E-state index >= 15 is 0 Å². The van der Waals surface area contributed by atoms with Gasteiger partial charge in [0.05, 0.1) is 11.3 Å². The van der Waals surface area contributed by atoms with Crippen LogP contribution in [0.15, 0.2) is 61.2 Å². The van der Waals surface area contributed by atoms with Gasteiger partial charge in [0.1, 0.15) is 12.1 Å². The lowest BCUT2D eigenvalue weighted by Crippen LogP contribution is -2.15. The first-order valence-corrected chi connectivity index (χ1v) is 7.24. The first kappa shape index (κ1) is 16.3. The molecule has 2 aromatic carbocycles. The van der Waals surface area contributed by atoms with Crippen LogP contribution in [0.1, 0.15) is 20.7 Å². The van der Waals surface area contributed by atoms with Gasteiger partial charge in [-0.3, -0.25) is 4.79 Å². The van der Waals surface area contributed by atoms with E-state index in [0.717, 1.165) is 29.3 Å². The van der Waals surface area contributed by atoms with Crippen LogP contribution in [0, 0.1) is 5.82 Å². The van der Waals surface area contributed by atoms with Gasteiger partial charge in [-0.1, -0.05) is 12.1 Å². The topological polar surface area (TPSA) is 92.2 Å². The number of nitrogens with zero attached hydrogens (tertiary/aromatic N) is 2. The molecule has 2 N–H and O–H groups in total. The summed E-state index contributed by atoms with van der Waals surface area (Å²) in [6.07, 6.45) is 4.62. The molecule has 25 heavy (non-hydrogen) atoms. The molecule has 0 radical (unpaired) electrons. The predicted molar refractivity (Wildman–Crippen MR) is 88.8 cm³/mol. The summed E-state index contributed by atoms with van der Waals surface area (Å²) >= 11 is 0. The highest BCUT2D eigenvalue weighted by Crippen LogP contribution is 2.21. The van der Waals surface area contributed by atoms with E-state index < -0.39 is 17.7 Å². The third-order valence-corrected chi connectivity index (χ3v) is 3.48. The molecule has 0 aliphatic rings. The summed E-state index contributed by atoms with van der Waals surface area (Å²) in [5.41, 5.74) is 1.45. The van der Waals surface area contributed by atoms with Gasteiger partial charge >= 0.3 is 5.97 Å². The number of carbonyl (C=O) groups excluding carboxylic acids is 1. The zero-order valence-electron chi connectivity index (χ0n) is 12.8. The SMILES string of the molecule is O=C(Nc1cc(F)ccc1C(=O)O)c1cccc(-c2cncnc2)c1. The van der Waals surface area contributed by atoms with Crippen molar-refractivity contribution in [3.05, 3.63) is 78.1 Å². The average molecular weight is 337 g/mol. The molecular formula is C18H12FN3O3. The summed E-state index contributed by atoms with van der Waals surface area (Å²) in [6.45, 7) is 0. The molecule has 0 atom stereocenters. The average Bonchev–Trinajstić information content (AvgIpc) is 2.62. The molecule has 0 saturated heterocycles. The lowest BCUT2D eigenvalue weighted by atomic mass is 10.1. The molecule has 7 heteroatoms. The van der Waals surface area contributed by atoms with Gasteiger partial charge in [0.25, 0.3) is 5.91 Å². The second kappa shape index (κ2) is 6.88. The van der Waals surface area contributed by atoms with E-state index in [1.807, 2.05) is 0 Å². The lowest BCUT2D eigenvalue weighted by molar-refractivity contribution is 0.0698. The number of halogens is 1. The maximum atomic E-state index is 13.4. The minimum Gasteiger partial charge on any atom is -0.478 e. The van der Waals surface area contributed by atoms with Crippen LogP contribution in [0.2, 0.25) is 0 Å². The second-order valence-electron chi connectivity index (χ2n) is 5.16. The number of aromatic nitrogens is 2. The fraction of sp³-hybridized carbons (Fsp3) is 0. The van der Waals surface area contributed by atoms with Crippen molar-refractivity contribution in [1.29, 1.82) is 0 Å². The van der Waals surface area contributed by atoms with Crippen LogP contribution in [0.25, 0.3) is 11.1 Å². The van der Waals surface area contributed by atoms with Gasteiger partial charge < -0.3 is 10.4 Å². The quantitative estimate of drug-likeness (QED) is 0.762. The monoisotopic (exact) mass is 337 g/mol. The number of carboxylic acid groups (broad SMARTS) is 1. The molecule has 0 spiro atoms. The van der Waals surface area contributed by atoms with Crippen LogP contribution in [0.3, 0.4) is 0 Å². The number of hydrogen-bond donors (Lipinski definition) is 2. The van der Waals surface area contributed by atoms with Crippen LogP contribution in [0.4, 0.5) is 10.1 Å². The Balaban J connectivity index is 1.90. The molecule has 3 rings (SSSR count). The molecular weight excluding hydrogens is 325 g/mol. The van der Waals surface area contributed by atoms with Crippen LogP contribution < -0.4 is 5.32 Å². The number of hydrogen-bond acceptors (Lipinski definition) is 4. The highest BCUT2D eigenvalue weighted by molar-refractivity contribution is 6.08. The predicted octanol–water partition coefficient (Wildman–Crippen LogP) is 3.23. The summed E-state index contributed by atoms with van der Waals surface area (Å²) in [5, 5.41) is 11.6. The van der Waals surface area contributed by atoms with Crippen molar-refractivity contribution in [3.63, 3.8) is 0 Å². The van der Waals surface area contributed by atoms with E-state index in [9.17, 15) is 14.0 Å². The maximum absolute atomic E-state index is 13.4. The fourth-order valence-corrected chi connectivity index (χ4v) is 2.29. The Morgan fingerprint density at radius 1 is 1.00 bits per heavy atom. The minimum absolute atomic E-state index is 0.106. The summed E-state index contributed by atoms with van der Waals surface area (Å²) in [7, 11) is 0. The molecule has 1 aromatic heterocycles. The van der Waals surface area contributed by atoms with Crippen molar-refractivity contribution < 1.29 is 19.1 Å². The molecule has 124 valence electrons. The molecule has 0 aliphatic carbocycles. The second-order valence-corrected chi connectivity index (χ2v) is 5.16. The molecule has 0 bridgehead atoms. The molecule has 1 amide bonds. The van der Waals surface area contributed by atoms with Gasteiger partial charge in [0.2, 0.25) is 0 Å². The number of anilines is 1. The smallest absolute Gasteiger partial charge is 0.337 e. The molecule has 0 saturated carbocycles. The normalized spacial score (nSPS) is 10.3. The Labute approximate surface area is 142 Å². The van der Waals surface area contributed by atoms with Crippen molar-refractivity contribution >= 4 is 17.6 Å². The van der Waals surface area contributed by atoms with Gasteiger partial charge in [-0.15, -0.1) is 0 Å². The first-order chi connectivity index (χ1) is 12.0. The summed E-state index contributed by atoms with van der Waals surface area (Å²) in [6, 6.07) is 9.76. The highest BCUT2D eigenvalue weighted by Gasteiger charge is 2.15. The fourth-order valence-electron chi connectivity index (χ4n) is 2.29. The van der Waals surface area contributed by atoms with Crippen LogP contribution in [-0.2, 0) is 0 Å². The molecule has 0 unspecified atom stereocenters. The van der Waals surface area contributed by atoms with Crippen LogP contribution in [-0.4, -0.2) is 27.0 Å². The zero-order valence-corrected chi connectivity index (χ0v) is 12.8. The van der Waals surface area contributed by atoms with Crippen molar-refractivity contribution in [2.75, 3.05) is 5.32 Å². The van der Waals surface area contributed by atoms with Crippen molar-refractivity contribution in [1.82, 2.24) is 9.97 Å². The van der Waals surface area contributed by atoms with Gasteiger partial charge in [-0.2, -0.15) is 0 Å². The number of carbonyl (C=O) groups is 2. The minimum atomic E-state index is -1.26. The van der Waals surface area contributed by atoms with Crippen molar-refractivity contribution in [2.24, 2.45) is 0 Å². The van der Waals surface area contributed by atoms with Gasteiger partial charge in [-0.05, 0) is 35.9 Å². The number of aromatic carboxylic acids is 1. The van der Waals surface area contributed by atoms with Gasteiger partial charge in [0.15, 0.2) is 0 Å². The van der Waals surface area contributed by atoms with E-state index in [-0.39, 0.29) is 11.3 Å². The van der Waals surface area contributed by atoms with E-state index in [2.05, 4.69) is 15.3 Å². The van der Waals surface area contributed by atoms with Crippen LogP contribution >= 0.6 is 0 Å². The Morgan fingerprint density at radius 2 is 1.76 bits per heavy atom. The number of amides is 1. The zero-order chi connectivity index (χ0) is 17.8. The molecule has 0 aliphatic heterocycles. The summed E-state index contributed by atoms with van der Waals surface area (Å²) < 4.78 is 13.4. The Morgan fingerprint density at radius 3 is 2.48 bits per heavy atom. The maximum Gasteiger partial charge on any atom is 0.337 e. The molecule has 0 fully saturated rings. The molecule has 6 nitrogen and oxygen atoms in total. The standard InChI is InChI=1S/C18H12FN3O3/c19-14-4-5-15(18(24)25)16(7-14)22-17(23)12-3-1-2-11(6-12)13-8-20-10-21-9-13/h1-10H,(H,22,23)(H,24,25).